The van der Waals surface area contributed by atoms with Crippen LogP contribution in [0.25, 0.3) is 32.3 Å². The highest BCUT2D eigenvalue weighted by Crippen LogP contribution is 2.41. The van der Waals surface area contributed by atoms with E-state index in [1.54, 1.807) is 11.1 Å². The van der Waals surface area contributed by atoms with E-state index in [0.29, 0.717) is 0 Å². The third kappa shape index (κ3) is 1.22. The van der Waals surface area contributed by atoms with Gasteiger partial charge in [-0.15, -0.1) is 0 Å². The molecule has 4 aromatic carbocycles. The van der Waals surface area contributed by atoms with Gasteiger partial charge in [-0.25, -0.2) is 0 Å². The topological polar surface area (TPSA) is 0 Å². The van der Waals surface area contributed by atoms with Crippen LogP contribution >= 0.6 is 0 Å². The lowest BCUT2D eigenvalue weighted by atomic mass is 9.81. The molecule has 0 heteroatoms. The van der Waals surface area contributed by atoms with E-state index in [1.165, 1.54) is 58.0 Å². The standard InChI is InChI=1S/C20H16/c1-2-8-16-15(7-1)17-9-3-5-13-11-12-14-6-4-10-18(16)20(14)19(13)17/h3-6,9-12H,1-2,7-8H2. The number of hydrogen-bond donors (Lipinski definition) is 0. The van der Waals surface area contributed by atoms with E-state index in [9.17, 15) is 0 Å². The van der Waals surface area contributed by atoms with Crippen LogP contribution in [0, 0.1) is 0 Å². The molecule has 20 heavy (non-hydrogen) atoms. The fraction of sp³-hybridized carbons (Fsp3) is 0.200. The summed E-state index contributed by atoms with van der Waals surface area (Å²) in [6.07, 6.45) is 5.18. The molecule has 1 aliphatic carbocycles. The Bertz CT molecular complexity index is 867. The maximum atomic E-state index is 2.33. The van der Waals surface area contributed by atoms with Gasteiger partial charge in [-0.2, -0.15) is 0 Å². The van der Waals surface area contributed by atoms with Crippen molar-refractivity contribution in [1.29, 1.82) is 0 Å². The van der Waals surface area contributed by atoms with E-state index < -0.39 is 0 Å². The van der Waals surface area contributed by atoms with Gasteiger partial charge < -0.3 is 0 Å². The molecule has 0 N–H and O–H groups in total. The van der Waals surface area contributed by atoms with Crippen molar-refractivity contribution >= 4 is 32.3 Å². The van der Waals surface area contributed by atoms with E-state index >= 15 is 0 Å². The summed E-state index contributed by atoms with van der Waals surface area (Å²) in [4.78, 5) is 0. The van der Waals surface area contributed by atoms with Crippen LogP contribution in [0.15, 0.2) is 48.5 Å². The van der Waals surface area contributed by atoms with E-state index in [0.717, 1.165) is 0 Å². The van der Waals surface area contributed by atoms with Crippen molar-refractivity contribution in [2.45, 2.75) is 25.7 Å². The van der Waals surface area contributed by atoms with Gasteiger partial charge in [-0.05, 0) is 69.1 Å². The van der Waals surface area contributed by atoms with Gasteiger partial charge in [0.1, 0.15) is 0 Å². The first kappa shape index (κ1) is 10.7. The zero-order valence-corrected chi connectivity index (χ0v) is 11.4. The molecule has 0 saturated carbocycles. The molecule has 0 aliphatic heterocycles. The van der Waals surface area contributed by atoms with Crippen molar-refractivity contribution in [3.63, 3.8) is 0 Å². The van der Waals surface area contributed by atoms with E-state index in [1.807, 2.05) is 0 Å². The van der Waals surface area contributed by atoms with Crippen LogP contribution in [0.2, 0.25) is 0 Å². The van der Waals surface area contributed by atoms with Crippen molar-refractivity contribution in [3.05, 3.63) is 59.7 Å². The lowest BCUT2D eigenvalue weighted by molar-refractivity contribution is 0.694. The summed E-state index contributed by atoms with van der Waals surface area (Å²) < 4.78 is 0. The predicted octanol–water partition coefficient (Wildman–Crippen LogP) is 5.46. The van der Waals surface area contributed by atoms with Gasteiger partial charge >= 0.3 is 0 Å². The fourth-order valence-corrected chi connectivity index (χ4v) is 4.16. The largest absolute Gasteiger partial charge is 0.0610 e. The highest BCUT2D eigenvalue weighted by Gasteiger charge is 2.19. The van der Waals surface area contributed by atoms with Crippen LogP contribution in [0.1, 0.15) is 24.0 Å². The van der Waals surface area contributed by atoms with Gasteiger partial charge in [-0.1, -0.05) is 48.5 Å². The molecule has 0 aromatic heterocycles. The number of aryl methyl sites for hydroxylation is 2. The average Bonchev–Trinajstić information content (AvgIpc) is 2.53. The van der Waals surface area contributed by atoms with Gasteiger partial charge in [0.25, 0.3) is 0 Å². The molecule has 0 fully saturated rings. The smallest absolute Gasteiger partial charge is 0.00238 e. The second-order valence-corrected chi connectivity index (χ2v) is 6.04. The zero-order chi connectivity index (χ0) is 13.1. The summed E-state index contributed by atoms with van der Waals surface area (Å²) in [5.41, 5.74) is 3.24. The zero-order valence-electron chi connectivity index (χ0n) is 11.4. The maximum absolute atomic E-state index is 2.33. The number of benzene rings is 4. The van der Waals surface area contributed by atoms with Crippen LogP contribution in [0.5, 0.6) is 0 Å². The summed E-state index contributed by atoms with van der Waals surface area (Å²) in [6.45, 7) is 0. The number of rotatable bonds is 0. The van der Waals surface area contributed by atoms with Gasteiger partial charge in [0.05, 0.1) is 0 Å². The molecule has 0 spiro atoms. The molecule has 5 rings (SSSR count). The van der Waals surface area contributed by atoms with E-state index in [2.05, 4.69) is 48.5 Å². The third-order valence-electron chi connectivity index (χ3n) is 5.00. The number of fused-ring (bicyclic) bond motifs is 3. The normalized spacial score (nSPS) is 15.2. The lowest BCUT2D eigenvalue weighted by Gasteiger charge is -2.23. The third-order valence-corrected chi connectivity index (χ3v) is 5.00. The summed E-state index contributed by atoms with van der Waals surface area (Å²) in [7, 11) is 0. The molecule has 4 aromatic rings. The Balaban J connectivity index is 2.18. The minimum Gasteiger partial charge on any atom is -0.0610 e. The average molecular weight is 256 g/mol. The molecule has 1 aliphatic rings. The van der Waals surface area contributed by atoms with E-state index in [-0.39, 0.29) is 0 Å². The first-order valence-corrected chi connectivity index (χ1v) is 7.61. The molecule has 0 saturated heterocycles. The predicted molar refractivity (Wildman–Crippen MR) is 86.8 cm³/mol. The monoisotopic (exact) mass is 256 g/mol. The minimum absolute atomic E-state index is 1.25. The van der Waals surface area contributed by atoms with Crippen molar-refractivity contribution in [2.24, 2.45) is 0 Å². The Labute approximate surface area is 118 Å². The summed E-state index contributed by atoms with van der Waals surface area (Å²) in [6, 6.07) is 18.2. The van der Waals surface area contributed by atoms with Crippen LogP contribution in [-0.2, 0) is 12.8 Å². The van der Waals surface area contributed by atoms with Crippen LogP contribution in [0.3, 0.4) is 0 Å². The molecule has 96 valence electrons. The second-order valence-electron chi connectivity index (χ2n) is 6.04. The highest BCUT2D eigenvalue weighted by atomic mass is 14.2. The first-order valence-electron chi connectivity index (χ1n) is 7.61. The Hall–Kier alpha value is -2.08. The van der Waals surface area contributed by atoms with Gasteiger partial charge in [0, 0.05) is 0 Å². The van der Waals surface area contributed by atoms with Crippen LogP contribution in [0.4, 0.5) is 0 Å². The fourth-order valence-electron chi connectivity index (χ4n) is 4.16. The maximum Gasteiger partial charge on any atom is -0.00238 e. The van der Waals surface area contributed by atoms with Crippen LogP contribution < -0.4 is 0 Å². The highest BCUT2D eigenvalue weighted by molar-refractivity contribution is 6.24. The van der Waals surface area contributed by atoms with Gasteiger partial charge in [-0.3, -0.25) is 0 Å². The Kier molecular flexibility index (Phi) is 1.99. The summed E-state index contributed by atoms with van der Waals surface area (Å²) in [5, 5.41) is 8.75. The van der Waals surface area contributed by atoms with E-state index in [4.69, 9.17) is 0 Å². The Morgan fingerprint density at radius 1 is 0.550 bits per heavy atom. The molecular weight excluding hydrogens is 240 g/mol. The Morgan fingerprint density at radius 3 is 1.55 bits per heavy atom. The second kappa shape index (κ2) is 3.73. The molecular formula is C20H16. The molecule has 0 nitrogen and oxygen atoms in total. The molecule has 0 atom stereocenters. The minimum atomic E-state index is 1.25. The SMILES string of the molecule is c1cc2ccc3cccc4c5c(c(c1)c2c34)CCCC5. The van der Waals surface area contributed by atoms with Crippen molar-refractivity contribution in [3.8, 4) is 0 Å². The molecule has 0 heterocycles. The quantitative estimate of drug-likeness (QED) is 0.366. The molecule has 0 bridgehead atoms. The molecule has 0 amide bonds. The molecule has 0 unspecified atom stereocenters. The number of hydrogen-bond acceptors (Lipinski definition) is 0. The van der Waals surface area contributed by atoms with Crippen molar-refractivity contribution < 1.29 is 0 Å². The van der Waals surface area contributed by atoms with Gasteiger partial charge in [0.2, 0.25) is 0 Å². The first-order chi connectivity index (χ1) is 9.93. The summed E-state index contributed by atoms with van der Waals surface area (Å²) in [5.74, 6) is 0. The Morgan fingerprint density at radius 2 is 1.05 bits per heavy atom. The van der Waals surface area contributed by atoms with Crippen molar-refractivity contribution in [1.82, 2.24) is 0 Å². The summed E-state index contributed by atoms with van der Waals surface area (Å²) >= 11 is 0. The lowest BCUT2D eigenvalue weighted by Crippen LogP contribution is -2.05. The molecule has 0 radical (unpaired) electrons. The van der Waals surface area contributed by atoms with Gasteiger partial charge in [0.15, 0.2) is 0 Å². The van der Waals surface area contributed by atoms with Crippen molar-refractivity contribution in [2.75, 3.05) is 0 Å². The van der Waals surface area contributed by atoms with Crippen LogP contribution in [-0.4, -0.2) is 0 Å².